The standard InChI is InChI=1S/C10H9N3O2S/c1-2-4-16-5-3-13-7-8(6-11)9(14)12-10(13)15/h1,7H,3-5H2,(H,12,14,15). The van der Waals surface area contributed by atoms with E-state index in [9.17, 15) is 9.59 Å². The Hall–Kier alpha value is -1.92. The normalized spacial score (nSPS) is 9.38. The molecule has 0 atom stereocenters. The van der Waals surface area contributed by atoms with Crippen molar-refractivity contribution < 1.29 is 0 Å². The summed E-state index contributed by atoms with van der Waals surface area (Å²) in [5, 5.41) is 8.63. The summed E-state index contributed by atoms with van der Waals surface area (Å²) in [5.41, 5.74) is -1.23. The van der Waals surface area contributed by atoms with Gasteiger partial charge >= 0.3 is 5.69 Å². The monoisotopic (exact) mass is 235 g/mol. The number of aryl methyl sites for hydroxylation is 1. The molecule has 0 amide bonds. The minimum Gasteiger partial charge on any atom is -0.298 e. The molecule has 1 N–H and O–H groups in total. The Bertz CT molecular complexity index is 559. The van der Waals surface area contributed by atoms with Crippen molar-refractivity contribution in [1.82, 2.24) is 9.55 Å². The zero-order valence-electron chi connectivity index (χ0n) is 8.40. The molecular formula is C10H9N3O2S. The molecule has 0 bridgehead atoms. The summed E-state index contributed by atoms with van der Waals surface area (Å²) in [6.45, 7) is 0.413. The molecule has 0 saturated carbocycles. The number of nitrogens with one attached hydrogen (secondary N) is 1. The number of thioether (sulfide) groups is 1. The quantitative estimate of drug-likeness (QED) is 0.578. The third-order valence-corrected chi connectivity index (χ3v) is 2.64. The fourth-order valence-electron chi connectivity index (χ4n) is 1.05. The molecule has 0 aliphatic carbocycles. The average molecular weight is 235 g/mol. The highest BCUT2D eigenvalue weighted by Gasteiger charge is 2.03. The van der Waals surface area contributed by atoms with Crippen LogP contribution in [-0.2, 0) is 6.54 Å². The zero-order chi connectivity index (χ0) is 12.0. The van der Waals surface area contributed by atoms with E-state index in [0.717, 1.165) is 0 Å². The van der Waals surface area contributed by atoms with E-state index in [0.29, 0.717) is 18.1 Å². The Morgan fingerprint density at radius 2 is 2.31 bits per heavy atom. The SMILES string of the molecule is C#CCSCCn1cc(C#N)c(=O)[nH]c1=O. The van der Waals surface area contributed by atoms with Crippen LogP contribution in [0.1, 0.15) is 5.56 Å². The molecule has 5 nitrogen and oxygen atoms in total. The summed E-state index contributed by atoms with van der Waals surface area (Å²) in [6.07, 6.45) is 6.33. The second-order valence-corrected chi connectivity index (χ2v) is 3.97. The van der Waals surface area contributed by atoms with Crippen molar-refractivity contribution in [2.24, 2.45) is 0 Å². The number of terminal acetylenes is 1. The summed E-state index contributed by atoms with van der Waals surface area (Å²) in [5.74, 6) is 3.69. The van der Waals surface area contributed by atoms with Crippen LogP contribution in [0, 0.1) is 23.7 Å². The first-order valence-electron chi connectivity index (χ1n) is 4.44. The zero-order valence-corrected chi connectivity index (χ0v) is 9.21. The van der Waals surface area contributed by atoms with Crippen LogP contribution in [0.4, 0.5) is 0 Å². The summed E-state index contributed by atoms with van der Waals surface area (Å²) in [7, 11) is 0. The van der Waals surface area contributed by atoms with Crippen LogP contribution in [0.5, 0.6) is 0 Å². The van der Waals surface area contributed by atoms with E-state index in [4.69, 9.17) is 11.7 Å². The van der Waals surface area contributed by atoms with Gasteiger partial charge in [-0.2, -0.15) is 5.26 Å². The average Bonchev–Trinajstić information content (AvgIpc) is 2.27. The number of rotatable bonds is 4. The molecule has 1 heterocycles. The minimum atomic E-state index is -0.653. The highest BCUT2D eigenvalue weighted by atomic mass is 32.2. The molecule has 0 saturated heterocycles. The molecule has 0 aliphatic rings. The van der Waals surface area contributed by atoms with Crippen molar-refractivity contribution in [1.29, 1.82) is 5.26 Å². The third-order valence-electron chi connectivity index (χ3n) is 1.79. The largest absolute Gasteiger partial charge is 0.328 e. The van der Waals surface area contributed by atoms with Gasteiger partial charge in [-0.05, 0) is 0 Å². The lowest BCUT2D eigenvalue weighted by atomic mass is 10.4. The molecule has 0 spiro atoms. The Morgan fingerprint density at radius 3 is 2.94 bits per heavy atom. The van der Waals surface area contributed by atoms with Gasteiger partial charge in [0.25, 0.3) is 5.56 Å². The molecule has 0 unspecified atom stereocenters. The fourth-order valence-corrected chi connectivity index (χ4v) is 1.64. The van der Waals surface area contributed by atoms with Crippen molar-refractivity contribution in [3.05, 3.63) is 32.6 Å². The predicted molar refractivity (Wildman–Crippen MR) is 62.2 cm³/mol. The van der Waals surface area contributed by atoms with Gasteiger partial charge in [-0.25, -0.2) is 4.79 Å². The van der Waals surface area contributed by atoms with Crippen molar-refractivity contribution in [3.8, 4) is 18.4 Å². The minimum absolute atomic E-state index is 0.0680. The number of nitrogens with zero attached hydrogens (tertiary/aromatic N) is 2. The van der Waals surface area contributed by atoms with Crippen LogP contribution in [0.15, 0.2) is 15.8 Å². The summed E-state index contributed by atoms with van der Waals surface area (Å²) < 4.78 is 1.30. The molecule has 82 valence electrons. The molecule has 16 heavy (non-hydrogen) atoms. The molecule has 0 radical (unpaired) electrons. The Balaban J connectivity index is 2.82. The van der Waals surface area contributed by atoms with Crippen LogP contribution in [0.25, 0.3) is 0 Å². The van der Waals surface area contributed by atoms with Gasteiger partial charge in [0.05, 0.1) is 5.75 Å². The molecule has 1 aromatic heterocycles. The van der Waals surface area contributed by atoms with E-state index < -0.39 is 11.2 Å². The number of aromatic nitrogens is 2. The van der Waals surface area contributed by atoms with E-state index >= 15 is 0 Å². The van der Waals surface area contributed by atoms with E-state index in [1.54, 1.807) is 6.07 Å². The van der Waals surface area contributed by atoms with Gasteiger partial charge < -0.3 is 0 Å². The molecule has 6 heteroatoms. The molecule has 0 aromatic carbocycles. The summed E-state index contributed by atoms with van der Waals surface area (Å²) >= 11 is 1.50. The van der Waals surface area contributed by atoms with E-state index in [1.807, 2.05) is 0 Å². The molecular weight excluding hydrogens is 226 g/mol. The van der Waals surface area contributed by atoms with Gasteiger partial charge in [0.1, 0.15) is 11.6 Å². The van der Waals surface area contributed by atoms with Crippen LogP contribution in [-0.4, -0.2) is 21.1 Å². The lowest BCUT2D eigenvalue weighted by Gasteiger charge is -2.03. The maximum absolute atomic E-state index is 11.3. The second-order valence-electron chi connectivity index (χ2n) is 2.86. The van der Waals surface area contributed by atoms with Gasteiger partial charge in [0.15, 0.2) is 0 Å². The van der Waals surface area contributed by atoms with Crippen LogP contribution in [0.2, 0.25) is 0 Å². The van der Waals surface area contributed by atoms with Crippen LogP contribution < -0.4 is 11.2 Å². The van der Waals surface area contributed by atoms with Gasteiger partial charge in [0, 0.05) is 18.5 Å². The first-order valence-corrected chi connectivity index (χ1v) is 5.59. The van der Waals surface area contributed by atoms with E-state index in [1.165, 1.54) is 22.5 Å². The molecule has 1 aromatic rings. The van der Waals surface area contributed by atoms with Crippen molar-refractivity contribution in [2.45, 2.75) is 6.54 Å². The highest BCUT2D eigenvalue weighted by molar-refractivity contribution is 7.99. The molecule has 0 aliphatic heterocycles. The number of nitriles is 1. The van der Waals surface area contributed by atoms with Gasteiger partial charge in [-0.3, -0.25) is 14.3 Å². The summed E-state index contributed by atoms with van der Waals surface area (Å²) in [6, 6.07) is 1.72. The maximum atomic E-state index is 11.3. The maximum Gasteiger partial charge on any atom is 0.328 e. The Morgan fingerprint density at radius 1 is 1.56 bits per heavy atom. The predicted octanol–water partition coefficient (Wildman–Crippen LogP) is -0.225. The second kappa shape index (κ2) is 5.84. The van der Waals surface area contributed by atoms with Gasteiger partial charge in [-0.15, -0.1) is 18.2 Å². The first kappa shape index (κ1) is 12.2. The number of H-pyrrole nitrogens is 1. The first-order chi connectivity index (χ1) is 7.69. The Labute approximate surface area is 96.1 Å². The van der Waals surface area contributed by atoms with Gasteiger partial charge in [-0.1, -0.05) is 5.92 Å². The lowest BCUT2D eigenvalue weighted by molar-refractivity contribution is 0.697. The smallest absolute Gasteiger partial charge is 0.298 e. The van der Waals surface area contributed by atoms with Crippen molar-refractivity contribution >= 4 is 11.8 Å². The topological polar surface area (TPSA) is 78.7 Å². The van der Waals surface area contributed by atoms with Crippen LogP contribution in [0.3, 0.4) is 0 Å². The number of hydrogen-bond acceptors (Lipinski definition) is 4. The van der Waals surface area contributed by atoms with E-state index in [-0.39, 0.29) is 5.56 Å². The molecule has 0 fully saturated rings. The van der Waals surface area contributed by atoms with Gasteiger partial charge in [0.2, 0.25) is 0 Å². The summed E-state index contributed by atoms with van der Waals surface area (Å²) in [4.78, 5) is 24.5. The van der Waals surface area contributed by atoms with E-state index in [2.05, 4.69) is 10.9 Å². The van der Waals surface area contributed by atoms with Crippen molar-refractivity contribution in [3.63, 3.8) is 0 Å². The lowest BCUT2D eigenvalue weighted by Crippen LogP contribution is -2.31. The van der Waals surface area contributed by atoms with Crippen molar-refractivity contribution in [2.75, 3.05) is 11.5 Å². The molecule has 1 rings (SSSR count). The van der Waals surface area contributed by atoms with Crippen LogP contribution >= 0.6 is 11.8 Å². The fraction of sp³-hybridized carbons (Fsp3) is 0.300. The number of aromatic amines is 1. The third kappa shape index (κ3) is 3.04. The Kier molecular flexibility index (Phi) is 4.43. The number of hydrogen-bond donors (Lipinski definition) is 1. The highest BCUT2D eigenvalue weighted by Crippen LogP contribution is 1.98.